The van der Waals surface area contributed by atoms with Crippen molar-refractivity contribution in [1.29, 1.82) is 0 Å². The number of aromatic nitrogens is 2. The number of rotatable bonds is 8. The van der Waals surface area contributed by atoms with E-state index in [9.17, 15) is 31.5 Å². The van der Waals surface area contributed by atoms with Crippen LogP contribution >= 0.6 is 10.9 Å². The number of carbonyl (C=O) groups is 1. The van der Waals surface area contributed by atoms with Crippen molar-refractivity contribution in [2.45, 2.75) is 44.8 Å². The van der Waals surface area contributed by atoms with E-state index in [1.54, 1.807) is 29.0 Å². The number of sulfonamides is 1. The predicted octanol–water partition coefficient (Wildman–Crippen LogP) is 6.61. The molecule has 2 N–H and O–H groups in total. The molecule has 1 aliphatic rings. The number of nitrogens with one attached hydrogen (secondary N) is 1. The topological polar surface area (TPSA) is 101 Å². The number of hydrogen-bond donors (Lipinski definition) is 3. The van der Waals surface area contributed by atoms with Gasteiger partial charge in [-0.2, -0.15) is 24.1 Å². The first kappa shape index (κ1) is 28.5. The van der Waals surface area contributed by atoms with E-state index < -0.39 is 39.0 Å². The highest BCUT2D eigenvalue weighted by atomic mass is 32.3. The van der Waals surface area contributed by atoms with Crippen LogP contribution in [0.5, 0.6) is 0 Å². The summed E-state index contributed by atoms with van der Waals surface area (Å²) >= 11 is 0. The molecule has 0 spiro atoms. The van der Waals surface area contributed by atoms with E-state index >= 15 is 0 Å². The molecular weight excluding hydrogens is 551 g/mol. The molecule has 2 heterocycles. The van der Waals surface area contributed by atoms with Crippen molar-refractivity contribution in [3.63, 3.8) is 0 Å². The molecule has 1 amide bonds. The summed E-state index contributed by atoms with van der Waals surface area (Å²) in [6.45, 7) is 5.81. The number of amides is 1. The Kier molecular flexibility index (Phi) is 7.99. The lowest BCUT2D eigenvalue weighted by Gasteiger charge is -2.25. The molecule has 3 aromatic rings. The van der Waals surface area contributed by atoms with Gasteiger partial charge in [0.1, 0.15) is 4.24 Å². The number of allylic oxidation sites excluding steroid dienone is 3. The molecule has 0 radical (unpaired) electrons. The van der Waals surface area contributed by atoms with E-state index in [1.165, 1.54) is 6.20 Å². The molecular formula is C27H28F3N3O4S2. The molecule has 1 aliphatic heterocycles. The first-order valence-electron chi connectivity index (χ1n) is 12.0. The second-order valence-electron chi connectivity index (χ2n) is 9.50. The van der Waals surface area contributed by atoms with Crippen molar-refractivity contribution in [3.05, 3.63) is 98.7 Å². The first-order valence-corrected chi connectivity index (χ1v) is 14.8. The van der Waals surface area contributed by atoms with Gasteiger partial charge < -0.3 is 9.67 Å². The van der Waals surface area contributed by atoms with Crippen LogP contribution in [0, 0.1) is 5.92 Å². The predicted molar refractivity (Wildman–Crippen MR) is 146 cm³/mol. The fourth-order valence-corrected chi connectivity index (χ4v) is 10.0. The van der Waals surface area contributed by atoms with Crippen LogP contribution in [0.15, 0.2) is 86.6 Å². The van der Waals surface area contributed by atoms with E-state index in [2.05, 4.69) is 4.98 Å². The van der Waals surface area contributed by atoms with Crippen LogP contribution in [-0.4, -0.2) is 29.2 Å². The van der Waals surface area contributed by atoms with Gasteiger partial charge >= 0.3 is 12.3 Å². The van der Waals surface area contributed by atoms with Crippen molar-refractivity contribution in [1.82, 2.24) is 14.3 Å². The number of nitrogens with zero attached hydrogens (tertiary/aromatic N) is 2. The Morgan fingerprint density at radius 2 is 1.74 bits per heavy atom. The maximum atomic E-state index is 13.5. The van der Waals surface area contributed by atoms with Crippen molar-refractivity contribution in [2.24, 2.45) is 5.92 Å². The lowest BCUT2D eigenvalue weighted by Crippen LogP contribution is -2.30. The Morgan fingerprint density at radius 1 is 1.10 bits per heavy atom. The largest absolute Gasteiger partial charge is 0.464 e. The number of thiol groups is 1. The van der Waals surface area contributed by atoms with Crippen molar-refractivity contribution in [3.8, 4) is 0 Å². The molecule has 0 saturated heterocycles. The summed E-state index contributed by atoms with van der Waals surface area (Å²) < 4.78 is 69.5. The third-order valence-corrected chi connectivity index (χ3v) is 11.1. The van der Waals surface area contributed by atoms with Crippen molar-refractivity contribution < 1.29 is 31.5 Å². The van der Waals surface area contributed by atoms with Gasteiger partial charge in [-0.15, -0.1) is 0 Å². The SMILES string of the molecule is CC1=C(CC(C)C)[SH](c2ccccc2)C(S(=O)(=O)NC(=O)O)=C1c1ccc(Cn2ccnc2C(F)(F)F)cc1. The summed E-state index contributed by atoms with van der Waals surface area (Å²) in [5.74, 6) is -0.802. The molecule has 39 heavy (non-hydrogen) atoms. The third-order valence-electron chi connectivity index (χ3n) is 6.15. The van der Waals surface area contributed by atoms with Gasteiger partial charge in [0.2, 0.25) is 5.82 Å². The zero-order valence-electron chi connectivity index (χ0n) is 21.4. The Bertz CT molecular complexity index is 1540. The van der Waals surface area contributed by atoms with Gasteiger partial charge in [-0.1, -0.05) is 56.3 Å². The lowest BCUT2D eigenvalue weighted by atomic mass is 9.97. The second kappa shape index (κ2) is 10.9. The number of halogens is 3. The molecule has 7 nitrogen and oxygen atoms in total. The maximum absolute atomic E-state index is 13.5. The van der Waals surface area contributed by atoms with Gasteiger partial charge in [-0.3, -0.25) is 0 Å². The smallest absolute Gasteiger partial charge is 0.449 e. The molecule has 0 aliphatic carbocycles. The molecule has 12 heteroatoms. The van der Waals surface area contributed by atoms with Crippen LogP contribution in [0.4, 0.5) is 18.0 Å². The number of benzene rings is 2. The third kappa shape index (κ3) is 6.06. The molecule has 2 aromatic carbocycles. The van der Waals surface area contributed by atoms with Crippen molar-refractivity contribution in [2.75, 3.05) is 0 Å². The molecule has 0 saturated carbocycles. The van der Waals surface area contributed by atoms with Gasteiger partial charge in [0.15, 0.2) is 0 Å². The van der Waals surface area contributed by atoms with Crippen LogP contribution in [0.1, 0.15) is 44.1 Å². The van der Waals surface area contributed by atoms with Gasteiger partial charge in [0.05, 0.1) is 0 Å². The maximum Gasteiger partial charge on any atom is 0.449 e. The zero-order chi connectivity index (χ0) is 28.5. The number of hydrogen-bond acceptors (Lipinski definition) is 4. The van der Waals surface area contributed by atoms with E-state index in [0.717, 1.165) is 26.1 Å². The summed E-state index contributed by atoms with van der Waals surface area (Å²) in [4.78, 5) is 16.6. The van der Waals surface area contributed by atoms with E-state index in [4.69, 9.17) is 0 Å². The quantitative estimate of drug-likeness (QED) is 0.261. The van der Waals surface area contributed by atoms with Gasteiger partial charge in [-0.25, -0.2) is 22.9 Å². The standard InChI is InChI=1S/C27H28F3N3O4S2/c1-17(2)15-22-18(3)23(24(39(36,37)32-26(34)35)38(22)21-7-5-4-6-8-21)20-11-9-19(10-12-20)16-33-14-13-31-25(33)27(28,29)30/h4-14,17,32,38H,15-16H2,1-3H3,(H,34,35). The average molecular weight is 580 g/mol. The average Bonchev–Trinajstić information content (AvgIpc) is 3.42. The van der Waals surface area contributed by atoms with Crippen LogP contribution in [0.3, 0.4) is 0 Å². The molecule has 4 rings (SSSR count). The van der Waals surface area contributed by atoms with Crippen LogP contribution < -0.4 is 4.72 Å². The molecule has 0 bridgehead atoms. The van der Waals surface area contributed by atoms with E-state index in [-0.39, 0.29) is 16.7 Å². The molecule has 1 unspecified atom stereocenters. The van der Waals surface area contributed by atoms with Gasteiger partial charge in [-0.05, 0) is 57.9 Å². The Labute approximate surface area is 227 Å². The van der Waals surface area contributed by atoms with Gasteiger partial charge in [0, 0.05) is 24.5 Å². The minimum Gasteiger partial charge on any atom is -0.464 e. The molecule has 208 valence electrons. The van der Waals surface area contributed by atoms with Crippen LogP contribution in [0.2, 0.25) is 0 Å². The first-order chi connectivity index (χ1) is 18.3. The Morgan fingerprint density at radius 3 is 2.31 bits per heavy atom. The highest BCUT2D eigenvalue weighted by Gasteiger charge is 2.39. The van der Waals surface area contributed by atoms with Crippen molar-refractivity contribution >= 4 is 32.6 Å². The second-order valence-corrected chi connectivity index (χ2v) is 13.6. The Balaban J connectivity index is 1.85. The lowest BCUT2D eigenvalue weighted by molar-refractivity contribution is -0.147. The summed E-state index contributed by atoms with van der Waals surface area (Å²) in [5, 5.41) is 9.33. The van der Waals surface area contributed by atoms with E-state index in [1.807, 2.05) is 51.1 Å². The monoisotopic (exact) mass is 579 g/mol. The molecule has 0 fully saturated rings. The summed E-state index contributed by atoms with van der Waals surface area (Å²) in [6, 6.07) is 15.7. The minimum atomic E-state index is -4.60. The minimum absolute atomic E-state index is 0.000896. The zero-order valence-corrected chi connectivity index (χ0v) is 23.1. The summed E-state index contributed by atoms with van der Waals surface area (Å²) in [5.41, 5.74) is 2.26. The number of alkyl halides is 3. The van der Waals surface area contributed by atoms with Crippen LogP contribution in [-0.2, 0) is 22.7 Å². The summed E-state index contributed by atoms with van der Waals surface area (Å²) in [7, 11) is -6.02. The van der Waals surface area contributed by atoms with E-state index in [0.29, 0.717) is 23.1 Å². The fourth-order valence-electron chi connectivity index (χ4n) is 4.61. The normalized spacial score (nSPS) is 17.3. The number of imidazole rings is 1. The highest BCUT2D eigenvalue weighted by Crippen LogP contribution is 2.63. The molecule has 1 aromatic heterocycles. The van der Waals surface area contributed by atoms with Crippen LogP contribution in [0.25, 0.3) is 5.57 Å². The Hall–Kier alpha value is -3.51. The number of carboxylic acid groups (broad SMARTS) is 1. The fraction of sp³-hybridized carbons (Fsp3) is 0.259. The molecule has 1 atom stereocenters. The highest BCUT2D eigenvalue weighted by molar-refractivity contribution is 8.32. The summed E-state index contributed by atoms with van der Waals surface area (Å²) in [6.07, 6.45) is -3.33. The van der Waals surface area contributed by atoms with Gasteiger partial charge in [0.25, 0.3) is 10.0 Å².